The summed E-state index contributed by atoms with van der Waals surface area (Å²) < 4.78 is 1.63. The third-order valence-electron chi connectivity index (χ3n) is 3.61. The fourth-order valence-electron chi connectivity index (χ4n) is 2.63. The maximum Gasteiger partial charge on any atom is 0.273 e. The monoisotopic (exact) mass is 243 g/mol. The molecule has 0 aromatic carbocycles. The van der Waals surface area contributed by atoms with Crippen LogP contribution in [0.1, 0.15) is 31.2 Å². The van der Waals surface area contributed by atoms with Crippen LogP contribution in [0.5, 0.6) is 0 Å². The average Bonchev–Trinajstić information content (AvgIpc) is 2.88. The molecular weight excluding hydrogens is 226 g/mol. The van der Waals surface area contributed by atoms with Crippen molar-refractivity contribution in [2.75, 3.05) is 5.43 Å². The van der Waals surface area contributed by atoms with Crippen LogP contribution in [0.3, 0.4) is 0 Å². The van der Waals surface area contributed by atoms with Crippen LogP contribution in [-0.4, -0.2) is 15.7 Å². The van der Waals surface area contributed by atoms with Gasteiger partial charge in [0.25, 0.3) is 5.56 Å². The molecule has 0 radical (unpaired) electrons. The lowest BCUT2D eigenvalue weighted by atomic mass is 10.2. The Morgan fingerprint density at radius 2 is 2.17 bits per heavy atom. The molecule has 2 heterocycles. The van der Waals surface area contributed by atoms with Crippen LogP contribution in [0.25, 0.3) is 11.0 Å². The van der Waals surface area contributed by atoms with E-state index in [-0.39, 0.29) is 5.56 Å². The first kappa shape index (κ1) is 11.3. The molecule has 1 fully saturated rings. The Morgan fingerprint density at radius 3 is 2.94 bits per heavy atom. The molecule has 0 saturated heterocycles. The quantitative estimate of drug-likeness (QED) is 0.879. The predicted molar refractivity (Wildman–Crippen MR) is 72.4 cm³/mol. The largest absolute Gasteiger partial charge is 0.318 e. The van der Waals surface area contributed by atoms with Crippen molar-refractivity contribution < 1.29 is 0 Å². The smallest absolute Gasteiger partial charge is 0.273 e. The summed E-state index contributed by atoms with van der Waals surface area (Å²) in [5.41, 5.74) is 4.82. The molecule has 0 aliphatic heterocycles. The van der Waals surface area contributed by atoms with Gasteiger partial charge in [0.2, 0.25) is 0 Å². The van der Waals surface area contributed by atoms with Gasteiger partial charge in [-0.15, -0.1) is 0 Å². The van der Waals surface area contributed by atoms with Gasteiger partial charge in [-0.1, -0.05) is 12.8 Å². The van der Waals surface area contributed by atoms with Gasteiger partial charge >= 0.3 is 0 Å². The topological polar surface area (TPSA) is 46.9 Å². The van der Waals surface area contributed by atoms with E-state index < -0.39 is 0 Å². The van der Waals surface area contributed by atoms with Crippen LogP contribution < -0.4 is 11.0 Å². The third-order valence-corrected chi connectivity index (χ3v) is 3.61. The fraction of sp³-hybridized carbons (Fsp3) is 0.429. The van der Waals surface area contributed by atoms with Crippen LogP contribution in [0.4, 0.5) is 0 Å². The Kier molecular flexibility index (Phi) is 2.78. The van der Waals surface area contributed by atoms with Gasteiger partial charge in [-0.3, -0.25) is 4.79 Å². The molecule has 1 saturated carbocycles. The van der Waals surface area contributed by atoms with Gasteiger partial charge in [-0.2, -0.15) is 0 Å². The van der Waals surface area contributed by atoms with Gasteiger partial charge in [-0.25, -0.2) is 9.66 Å². The third kappa shape index (κ3) is 1.88. The van der Waals surface area contributed by atoms with E-state index in [0.29, 0.717) is 6.04 Å². The molecule has 1 aliphatic rings. The van der Waals surface area contributed by atoms with Crippen molar-refractivity contribution in [1.29, 1.82) is 0 Å². The van der Waals surface area contributed by atoms with Crippen molar-refractivity contribution in [3.63, 3.8) is 0 Å². The maximum absolute atomic E-state index is 12.2. The van der Waals surface area contributed by atoms with Crippen LogP contribution in [0, 0.1) is 6.92 Å². The highest BCUT2D eigenvalue weighted by atomic mass is 16.1. The Morgan fingerprint density at radius 1 is 1.39 bits per heavy atom. The summed E-state index contributed by atoms with van der Waals surface area (Å²) >= 11 is 0. The van der Waals surface area contributed by atoms with Gasteiger partial charge in [0.15, 0.2) is 5.65 Å². The van der Waals surface area contributed by atoms with Crippen molar-refractivity contribution in [3.8, 4) is 0 Å². The number of hydrogen-bond donors (Lipinski definition) is 1. The molecule has 1 aliphatic carbocycles. The van der Waals surface area contributed by atoms with Crippen molar-refractivity contribution in [2.24, 2.45) is 0 Å². The Balaban J connectivity index is 2.12. The van der Waals surface area contributed by atoms with E-state index >= 15 is 0 Å². The normalized spacial score (nSPS) is 16.3. The molecule has 0 atom stereocenters. The SMILES string of the molecule is Cc1cc2cccnc2n(NC2CCCC2)c1=O. The molecule has 2 aromatic rings. The molecule has 0 bridgehead atoms. The molecule has 4 heteroatoms. The lowest BCUT2D eigenvalue weighted by Crippen LogP contribution is -2.36. The van der Waals surface area contributed by atoms with Crippen LogP contribution in [0.2, 0.25) is 0 Å². The molecule has 3 rings (SSSR count). The number of hydrogen-bond acceptors (Lipinski definition) is 3. The highest BCUT2D eigenvalue weighted by molar-refractivity contribution is 5.75. The van der Waals surface area contributed by atoms with Gasteiger partial charge in [-0.05, 0) is 38.0 Å². The first-order valence-corrected chi connectivity index (χ1v) is 6.49. The molecule has 94 valence electrons. The van der Waals surface area contributed by atoms with Gasteiger partial charge in [0.1, 0.15) is 0 Å². The Labute approximate surface area is 106 Å². The molecular formula is C14H17N3O. The number of fused-ring (bicyclic) bond motifs is 1. The molecule has 4 nitrogen and oxygen atoms in total. The van der Waals surface area contributed by atoms with E-state index in [0.717, 1.165) is 29.4 Å². The van der Waals surface area contributed by atoms with E-state index in [2.05, 4.69) is 10.4 Å². The van der Waals surface area contributed by atoms with E-state index in [9.17, 15) is 4.79 Å². The summed E-state index contributed by atoms with van der Waals surface area (Å²) in [6.07, 6.45) is 6.47. The second-order valence-corrected chi connectivity index (χ2v) is 4.99. The Hall–Kier alpha value is -1.84. The summed E-state index contributed by atoms with van der Waals surface area (Å²) in [4.78, 5) is 16.6. The standard InChI is InChI=1S/C14H17N3O/c1-10-9-11-5-4-8-15-13(11)17(14(10)18)16-12-6-2-3-7-12/h4-5,8-9,12,16H,2-3,6-7H2,1H3. The number of rotatable bonds is 2. The van der Waals surface area contributed by atoms with E-state index in [4.69, 9.17) is 0 Å². The minimum Gasteiger partial charge on any atom is -0.318 e. The first-order chi connectivity index (χ1) is 8.75. The summed E-state index contributed by atoms with van der Waals surface area (Å²) in [6, 6.07) is 6.18. The van der Waals surface area contributed by atoms with Crippen LogP contribution in [-0.2, 0) is 0 Å². The second kappa shape index (κ2) is 4.44. The molecule has 0 amide bonds. The highest BCUT2D eigenvalue weighted by Crippen LogP contribution is 2.19. The molecule has 18 heavy (non-hydrogen) atoms. The average molecular weight is 243 g/mol. The van der Waals surface area contributed by atoms with Crippen molar-refractivity contribution in [3.05, 3.63) is 40.3 Å². The minimum atomic E-state index is 0.00750. The van der Waals surface area contributed by atoms with E-state index in [1.807, 2.05) is 25.1 Å². The van der Waals surface area contributed by atoms with Gasteiger partial charge < -0.3 is 5.43 Å². The number of pyridine rings is 2. The summed E-state index contributed by atoms with van der Waals surface area (Å²) in [7, 11) is 0. The Bertz CT molecular complexity index is 626. The number of nitrogens with one attached hydrogen (secondary N) is 1. The lowest BCUT2D eigenvalue weighted by molar-refractivity contribution is 0.650. The fourth-order valence-corrected chi connectivity index (χ4v) is 2.63. The molecule has 0 unspecified atom stereocenters. The van der Waals surface area contributed by atoms with Crippen molar-refractivity contribution in [1.82, 2.24) is 9.66 Å². The zero-order valence-corrected chi connectivity index (χ0v) is 10.5. The molecule has 0 spiro atoms. The first-order valence-electron chi connectivity index (χ1n) is 6.49. The number of nitrogens with zero attached hydrogens (tertiary/aromatic N) is 2. The maximum atomic E-state index is 12.2. The lowest BCUT2D eigenvalue weighted by Gasteiger charge is -2.17. The highest BCUT2D eigenvalue weighted by Gasteiger charge is 2.17. The van der Waals surface area contributed by atoms with Gasteiger partial charge in [0.05, 0.1) is 0 Å². The number of aryl methyl sites for hydroxylation is 1. The van der Waals surface area contributed by atoms with Gasteiger partial charge in [0, 0.05) is 23.2 Å². The summed E-state index contributed by atoms with van der Waals surface area (Å²) in [5.74, 6) is 0. The van der Waals surface area contributed by atoms with Crippen LogP contribution in [0.15, 0.2) is 29.2 Å². The van der Waals surface area contributed by atoms with Crippen LogP contribution >= 0.6 is 0 Å². The van der Waals surface area contributed by atoms with Crippen molar-refractivity contribution >= 4 is 11.0 Å². The van der Waals surface area contributed by atoms with E-state index in [1.165, 1.54) is 12.8 Å². The van der Waals surface area contributed by atoms with Crippen molar-refractivity contribution in [2.45, 2.75) is 38.6 Å². The molecule has 2 aromatic heterocycles. The summed E-state index contributed by atoms with van der Waals surface area (Å²) in [5, 5.41) is 1.00. The second-order valence-electron chi connectivity index (χ2n) is 4.99. The molecule has 1 N–H and O–H groups in total. The predicted octanol–water partition coefficient (Wildman–Crippen LogP) is 2.19. The number of aromatic nitrogens is 2. The van der Waals surface area contributed by atoms with E-state index in [1.54, 1.807) is 10.9 Å². The zero-order chi connectivity index (χ0) is 12.5. The minimum absolute atomic E-state index is 0.00750. The summed E-state index contributed by atoms with van der Waals surface area (Å²) in [6.45, 7) is 1.85. The zero-order valence-electron chi connectivity index (χ0n) is 10.5.